The number of hydrogen-bond donors (Lipinski definition) is 1. The van der Waals surface area contributed by atoms with Gasteiger partial charge in [0.05, 0.1) is 25.4 Å². The largest absolute Gasteiger partial charge is 0.497 e. The Balaban J connectivity index is 1.69. The molecule has 1 amide bonds. The molecular weight excluding hydrogens is 404 g/mol. The Bertz CT molecular complexity index is 1080. The van der Waals surface area contributed by atoms with E-state index in [4.69, 9.17) is 4.74 Å². The standard InChI is InChI=1S/C21H24N4O4S/c1-16(25(30(3,27)28)19-8-10-20(29-2)11-9-19)21(26)23-14-17-4-6-18(7-5-17)24-13-12-22-15-24/h4-13,15-16H,14H2,1-3H3,(H,23,26)/t16-/m0/s1. The molecule has 8 nitrogen and oxygen atoms in total. The summed E-state index contributed by atoms with van der Waals surface area (Å²) >= 11 is 0. The van der Waals surface area contributed by atoms with Gasteiger partial charge in [0.15, 0.2) is 0 Å². The third kappa shape index (κ3) is 4.98. The van der Waals surface area contributed by atoms with Crippen molar-refractivity contribution in [2.45, 2.75) is 19.5 Å². The molecule has 30 heavy (non-hydrogen) atoms. The molecule has 158 valence electrons. The lowest BCUT2D eigenvalue weighted by Crippen LogP contribution is -2.47. The van der Waals surface area contributed by atoms with Gasteiger partial charge in [-0.2, -0.15) is 0 Å². The summed E-state index contributed by atoms with van der Waals surface area (Å²) < 4.78 is 32.8. The molecule has 0 aliphatic heterocycles. The van der Waals surface area contributed by atoms with Gasteiger partial charge in [0.2, 0.25) is 15.9 Å². The summed E-state index contributed by atoms with van der Waals surface area (Å²) in [7, 11) is -2.14. The van der Waals surface area contributed by atoms with E-state index in [0.717, 1.165) is 21.8 Å². The first-order valence-electron chi connectivity index (χ1n) is 9.28. The fourth-order valence-electron chi connectivity index (χ4n) is 3.07. The van der Waals surface area contributed by atoms with Crippen LogP contribution in [0.4, 0.5) is 5.69 Å². The van der Waals surface area contributed by atoms with Crippen LogP contribution in [0.2, 0.25) is 0 Å². The molecule has 0 saturated carbocycles. The molecule has 3 aromatic rings. The topological polar surface area (TPSA) is 93.5 Å². The fourth-order valence-corrected chi connectivity index (χ4v) is 4.25. The van der Waals surface area contributed by atoms with Crippen molar-refractivity contribution < 1.29 is 17.9 Å². The zero-order chi connectivity index (χ0) is 21.7. The van der Waals surface area contributed by atoms with E-state index in [2.05, 4.69) is 10.3 Å². The maximum atomic E-state index is 12.7. The van der Waals surface area contributed by atoms with Crippen molar-refractivity contribution in [3.63, 3.8) is 0 Å². The second kappa shape index (κ2) is 9.00. The van der Waals surface area contributed by atoms with Crippen LogP contribution < -0.4 is 14.4 Å². The Morgan fingerprint density at radius 2 is 1.83 bits per heavy atom. The minimum absolute atomic E-state index is 0.285. The molecule has 0 saturated heterocycles. The van der Waals surface area contributed by atoms with E-state index in [1.54, 1.807) is 43.7 Å². The van der Waals surface area contributed by atoms with Crippen LogP contribution >= 0.6 is 0 Å². The maximum absolute atomic E-state index is 12.7. The van der Waals surface area contributed by atoms with E-state index < -0.39 is 22.0 Å². The fraction of sp³-hybridized carbons (Fsp3) is 0.238. The Hall–Kier alpha value is -3.33. The van der Waals surface area contributed by atoms with Crippen LogP contribution in [0.15, 0.2) is 67.3 Å². The van der Waals surface area contributed by atoms with Gasteiger partial charge in [-0.05, 0) is 48.9 Å². The van der Waals surface area contributed by atoms with Crippen molar-refractivity contribution in [3.05, 3.63) is 72.8 Å². The molecule has 0 aliphatic rings. The van der Waals surface area contributed by atoms with Gasteiger partial charge in [-0.3, -0.25) is 9.10 Å². The van der Waals surface area contributed by atoms with E-state index in [9.17, 15) is 13.2 Å². The zero-order valence-corrected chi connectivity index (χ0v) is 17.8. The summed E-state index contributed by atoms with van der Waals surface area (Å²) in [6, 6.07) is 13.3. The summed E-state index contributed by atoms with van der Waals surface area (Å²) in [4.78, 5) is 16.7. The SMILES string of the molecule is COc1ccc(N([C@@H](C)C(=O)NCc2ccc(-n3ccnc3)cc2)S(C)(=O)=O)cc1. The van der Waals surface area contributed by atoms with E-state index in [-0.39, 0.29) is 6.54 Å². The smallest absolute Gasteiger partial charge is 0.243 e. The Labute approximate surface area is 176 Å². The lowest BCUT2D eigenvalue weighted by molar-refractivity contribution is -0.122. The zero-order valence-electron chi connectivity index (χ0n) is 17.0. The van der Waals surface area contributed by atoms with Crippen LogP contribution in [0, 0.1) is 0 Å². The van der Waals surface area contributed by atoms with Gasteiger partial charge in [-0.1, -0.05) is 12.1 Å². The van der Waals surface area contributed by atoms with Crippen LogP contribution in [0.25, 0.3) is 5.69 Å². The quantitative estimate of drug-likeness (QED) is 0.594. The average Bonchev–Trinajstić information content (AvgIpc) is 3.27. The average molecular weight is 429 g/mol. The van der Waals surface area contributed by atoms with Crippen molar-refractivity contribution in [1.29, 1.82) is 0 Å². The monoisotopic (exact) mass is 428 g/mol. The third-order valence-corrected chi connectivity index (χ3v) is 5.86. The molecule has 0 unspecified atom stereocenters. The van der Waals surface area contributed by atoms with Gasteiger partial charge in [-0.25, -0.2) is 13.4 Å². The normalized spacial score (nSPS) is 12.2. The van der Waals surface area contributed by atoms with Gasteiger partial charge < -0.3 is 14.6 Å². The number of nitrogens with one attached hydrogen (secondary N) is 1. The summed E-state index contributed by atoms with van der Waals surface area (Å²) in [5.41, 5.74) is 2.25. The summed E-state index contributed by atoms with van der Waals surface area (Å²) in [6.45, 7) is 1.84. The predicted molar refractivity (Wildman–Crippen MR) is 115 cm³/mol. The van der Waals surface area contributed by atoms with Gasteiger partial charge in [-0.15, -0.1) is 0 Å². The first-order valence-corrected chi connectivity index (χ1v) is 11.1. The number of sulfonamides is 1. The highest BCUT2D eigenvalue weighted by Gasteiger charge is 2.29. The molecule has 0 spiro atoms. The Morgan fingerprint density at radius 1 is 1.17 bits per heavy atom. The summed E-state index contributed by atoms with van der Waals surface area (Å²) in [5.74, 6) is 0.207. The van der Waals surface area contributed by atoms with Crippen LogP contribution in [0.3, 0.4) is 0 Å². The van der Waals surface area contributed by atoms with Crippen molar-refractivity contribution >= 4 is 21.6 Å². The van der Waals surface area contributed by atoms with Crippen molar-refractivity contribution in [3.8, 4) is 11.4 Å². The van der Waals surface area contributed by atoms with Gasteiger partial charge in [0.25, 0.3) is 0 Å². The molecule has 0 bridgehead atoms. The molecule has 9 heteroatoms. The van der Waals surface area contributed by atoms with Crippen LogP contribution in [-0.4, -0.2) is 43.3 Å². The Morgan fingerprint density at radius 3 is 2.37 bits per heavy atom. The number of nitrogens with zero attached hydrogens (tertiary/aromatic N) is 3. The molecular formula is C21H24N4O4S. The number of ether oxygens (including phenoxy) is 1. The number of benzene rings is 2. The first-order chi connectivity index (χ1) is 14.3. The van der Waals surface area contributed by atoms with E-state index in [1.807, 2.05) is 35.0 Å². The maximum Gasteiger partial charge on any atom is 0.243 e. The highest BCUT2D eigenvalue weighted by Crippen LogP contribution is 2.24. The molecule has 0 radical (unpaired) electrons. The number of aromatic nitrogens is 2. The van der Waals surface area contributed by atoms with Gasteiger partial charge >= 0.3 is 0 Å². The Kier molecular flexibility index (Phi) is 6.41. The first kappa shape index (κ1) is 21.4. The lowest BCUT2D eigenvalue weighted by Gasteiger charge is -2.28. The highest BCUT2D eigenvalue weighted by molar-refractivity contribution is 7.92. The number of carbonyl (C=O) groups is 1. The van der Waals surface area contributed by atoms with E-state index >= 15 is 0 Å². The molecule has 1 N–H and O–H groups in total. The molecule has 1 atom stereocenters. The minimum Gasteiger partial charge on any atom is -0.497 e. The van der Waals surface area contributed by atoms with Crippen molar-refractivity contribution in [2.75, 3.05) is 17.7 Å². The van der Waals surface area contributed by atoms with Crippen LogP contribution in [-0.2, 0) is 21.4 Å². The number of carbonyl (C=O) groups excluding carboxylic acids is 1. The molecule has 1 aromatic heterocycles. The van der Waals surface area contributed by atoms with E-state index in [0.29, 0.717) is 11.4 Å². The van der Waals surface area contributed by atoms with E-state index in [1.165, 1.54) is 7.11 Å². The lowest BCUT2D eigenvalue weighted by atomic mass is 10.2. The molecule has 2 aromatic carbocycles. The summed E-state index contributed by atoms with van der Waals surface area (Å²) in [6.07, 6.45) is 6.33. The third-order valence-electron chi connectivity index (χ3n) is 4.62. The summed E-state index contributed by atoms with van der Waals surface area (Å²) in [5, 5.41) is 2.81. The number of methoxy groups -OCH3 is 1. The molecule has 0 aliphatic carbocycles. The van der Waals surface area contributed by atoms with Crippen molar-refractivity contribution in [2.24, 2.45) is 0 Å². The second-order valence-electron chi connectivity index (χ2n) is 6.79. The number of amides is 1. The second-order valence-corrected chi connectivity index (χ2v) is 8.65. The number of anilines is 1. The number of imidazole rings is 1. The number of hydrogen-bond acceptors (Lipinski definition) is 5. The van der Waals surface area contributed by atoms with Gasteiger partial charge in [0.1, 0.15) is 11.8 Å². The van der Waals surface area contributed by atoms with Gasteiger partial charge in [0, 0.05) is 24.6 Å². The molecule has 0 fully saturated rings. The molecule has 3 rings (SSSR count). The predicted octanol–water partition coefficient (Wildman–Crippen LogP) is 2.35. The molecule has 1 heterocycles. The number of rotatable bonds is 8. The highest BCUT2D eigenvalue weighted by atomic mass is 32.2. The van der Waals surface area contributed by atoms with Crippen LogP contribution in [0.5, 0.6) is 5.75 Å². The minimum atomic E-state index is -3.67. The van der Waals surface area contributed by atoms with Crippen LogP contribution in [0.1, 0.15) is 12.5 Å². The van der Waals surface area contributed by atoms with Crippen molar-refractivity contribution in [1.82, 2.24) is 14.9 Å².